The van der Waals surface area contributed by atoms with Crippen LogP contribution in [-0.4, -0.2) is 10.9 Å². The highest BCUT2D eigenvalue weighted by atomic mass is 33.2. The summed E-state index contributed by atoms with van der Waals surface area (Å²) in [6.45, 7) is 7.83. The maximum Gasteiger partial charge on any atom is 0.200 e. The number of hydrogen-bond donors (Lipinski definition) is 0. The molecule has 4 atom stereocenters. The molecule has 0 aromatic heterocycles. The maximum absolute atomic E-state index is 14.0. The van der Waals surface area contributed by atoms with Crippen molar-refractivity contribution in [3.05, 3.63) is 41.2 Å². The largest absolute Gasteiger partial charge is 0.326 e. The fraction of sp³-hybridized carbons (Fsp3) is 0.500. The second kappa shape index (κ2) is 7.07. The van der Waals surface area contributed by atoms with Crippen LogP contribution in [0.1, 0.15) is 33.1 Å². The lowest BCUT2D eigenvalue weighted by Crippen LogP contribution is -2.40. The zero-order valence-corrected chi connectivity index (χ0v) is 17.3. The molecule has 2 unspecified atom stereocenters. The average molecular weight is 446 g/mol. The molecule has 2 fully saturated rings. The third kappa shape index (κ3) is 3.50. The van der Waals surface area contributed by atoms with Gasteiger partial charge < -0.3 is 4.52 Å². The van der Waals surface area contributed by atoms with Gasteiger partial charge in [0, 0.05) is 5.25 Å². The number of allylic oxidation sites excluding steroid dienone is 1. The van der Waals surface area contributed by atoms with Gasteiger partial charge >= 0.3 is 0 Å². The fourth-order valence-electron chi connectivity index (χ4n) is 3.20. The van der Waals surface area contributed by atoms with Gasteiger partial charge in [0.1, 0.15) is 0 Å². The summed E-state index contributed by atoms with van der Waals surface area (Å²) in [5.41, 5.74) is 0.490. The van der Waals surface area contributed by atoms with E-state index >= 15 is 0 Å². The van der Waals surface area contributed by atoms with E-state index in [2.05, 4.69) is 6.58 Å². The molecular weight excluding hydrogens is 430 g/mol. The SMILES string of the molecule is C=C(C)C1CC[C@@]2(C)O[P@@](=S)(Sc3c(F)c(F)c(F)c(F)c3F)SC2C1. The van der Waals surface area contributed by atoms with Crippen LogP contribution in [0.5, 0.6) is 0 Å². The Morgan fingerprint density at radius 3 is 2.27 bits per heavy atom. The standard InChI is InChI=1S/C16H16F5OPS3/c1-7(2)8-4-5-16(3)9(6-8)25-23(24,22-16)26-15-13(20)11(18)10(17)12(19)14(15)21/h8-9H,1,4-6H2,2-3H3/t8?,9?,16-,23+/m1/s1. The lowest BCUT2D eigenvalue weighted by molar-refractivity contribution is 0.0696. The molecule has 2 aliphatic rings. The van der Waals surface area contributed by atoms with E-state index in [0.717, 1.165) is 18.4 Å². The van der Waals surface area contributed by atoms with E-state index in [1.54, 1.807) is 0 Å². The van der Waals surface area contributed by atoms with Crippen molar-refractivity contribution in [2.24, 2.45) is 5.92 Å². The lowest BCUT2D eigenvalue weighted by atomic mass is 9.77. The molecule has 1 heterocycles. The van der Waals surface area contributed by atoms with Crippen LogP contribution in [0.15, 0.2) is 17.0 Å². The summed E-state index contributed by atoms with van der Waals surface area (Å²) < 4.78 is 71.3. The van der Waals surface area contributed by atoms with Crippen LogP contribution < -0.4 is 0 Å². The molecule has 0 radical (unpaired) electrons. The minimum Gasteiger partial charge on any atom is -0.326 e. The van der Waals surface area contributed by atoms with E-state index in [4.69, 9.17) is 16.3 Å². The Morgan fingerprint density at radius 1 is 1.19 bits per heavy atom. The van der Waals surface area contributed by atoms with Crippen LogP contribution >= 0.6 is 27.4 Å². The number of rotatable bonds is 3. The molecule has 0 bridgehead atoms. The van der Waals surface area contributed by atoms with Gasteiger partial charge in [0.2, 0.25) is 5.82 Å². The Balaban J connectivity index is 1.91. The quantitative estimate of drug-likeness (QED) is 0.163. The van der Waals surface area contributed by atoms with E-state index in [1.807, 2.05) is 13.8 Å². The summed E-state index contributed by atoms with van der Waals surface area (Å²) in [6.07, 6.45) is 2.34. The van der Waals surface area contributed by atoms with Crippen LogP contribution in [0.3, 0.4) is 0 Å². The third-order valence-electron chi connectivity index (χ3n) is 4.82. The molecule has 144 valence electrons. The average Bonchev–Trinajstić information content (AvgIpc) is 2.84. The molecule has 1 aliphatic carbocycles. The molecule has 3 rings (SSSR count). The Hall–Kier alpha value is -0.0800. The van der Waals surface area contributed by atoms with Crippen molar-refractivity contribution in [3.8, 4) is 0 Å². The van der Waals surface area contributed by atoms with E-state index in [9.17, 15) is 22.0 Å². The summed E-state index contributed by atoms with van der Waals surface area (Å²) in [6, 6.07) is 0. The molecule has 1 aliphatic heterocycles. The molecule has 26 heavy (non-hydrogen) atoms. The first kappa shape index (κ1) is 20.6. The molecule has 0 spiro atoms. The third-order valence-corrected chi connectivity index (χ3v) is 13.7. The van der Waals surface area contributed by atoms with Crippen LogP contribution in [0.4, 0.5) is 22.0 Å². The van der Waals surface area contributed by atoms with Gasteiger partial charge in [-0.15, -0.1) is 0 Å². The van der Waals surface area contributed by atoms with Gasteiger partial charge in [-0.2, -0.15) is 0 Å². The number of benzene rings is 1. The topological polar surface area (TPSA) is 9.23 Å². The minimum absolute atomic E-state index is 0.00227. The zero-order chi connectivity index (χ0) is 19.4. The molecule has 1 saturated heterocycles. The van der Waals surface area contributed by atoms with Gasteiger partial charge in [-0.3, -0.25) is 0 Å². The molecule has 10 heteroatoms. The van der Waals surface area contributed by atoms with E-state index in [-0.39, 0.29) is 5.25 Å². The van der Waals surface area contributed by atoms with Gasteiger partial charge in [0.25, 0.3) is 0 Å². The maximum atomic E-state index is 14.0. The molecular formula is C16H16F5OPS3. The number of hydrogen-bond acceptors (Lipinski definition) is 4. The Kier molecular flexibility index (Phi) is 5.61. The monoisotopic (exact) mass is 446 g/mol. The second-order valence-electron chi connectivity index (χ2n) is 6.75. The van der Waals surface area contributed by atoms with E-state index in [1.165, 1.54) is 11.4 Å². The van der Waals surface area contributed by atoms with Crippen molar-refractivity contribution >= 4 is 39.2 Å². The van der Waals surface area contributed by atoms with Crippen LogP contribution in [-0.2, 0) is 16.3 Å². The van der Waals surface area contributed by atoms with Crippen molar-refractivity contribution in [2.45, 2.75) is 48.9 Å². The minimum atomic E-state index is -2.93. The van der Waals surface area contributed by atoms with Crippen molar-refractivity contribution in [2.75, 3.05) is 0 Å². The molecule has 1 saturated carbocycles. The fourth-order valence-corrected chi connectivity index (χ4v) is 14.2. The van der Waals surface area contributed by atoms with E-state index < -0.39 is 44.3 Å². The zero-order valence-electron chi connectivity index (χ0n) is 14.0. The first-order chi connectivity index (χ1) is 12.0. The van der Waals surface area contributed by atoms with Gasteiger partial charge in [-0.1, -0.05) is 23.5 Å². The van der Waals surface area contributed by atoms with Crippen LogP contribution in [0, 0.1) is 35.0 Å². The Morgan fingerprint density at radius 2 is 1.73 bits per heavy atom. The highest BCUT2D eigenvalue weighted by Gasteiger charge is 2.53. The van der Waals surface area contributed by atoms with Gasteiger partial charge in [-0.25, -0.2) is 22.0 Å². The highest BCUT2D eigenvalue weighted by Crippen LogP contribution is 2.82. The number of halogens is 5. The van der Waals surface area contributed by atoms with Crippen molar-refractivity contribution < 1.29 is 26.5 Å². The first-order valence-corrected chi connectivity index (χ1v) is 13.5. The Labute approximate surface area is 161 Å². The molecule has 0 amide bonds. The van der Waals surface area contributed by atoms with Crippen LogP contribution in [0.25, 0.3) is 0 Å². The molecule has 1 aromatic rings. The molecule has 1 aromatic carbocycles. The van der Waals surface area contributed by atoms with Crippen molar-refractivity contribution in [1.82, 2.24) is 0 Å². The molecule has 0 N–H and O–H groups in total. The van der Waals surface area contributed by atoms with Gasteiger partial charge in [0.15, 0.2) is 27.9 Å². The van der Waals surface area contributed by atoms with Gasteiger partial charge in [0.05, 0.1) is 10.5 Å². The van der Waals surface area contributed by atoms with E-state index in [0.29, 0.717) is 23.7 Å². The Bertz CT molecular complexity index is 804. The normalized spacial score (nSPS) is 34.0. The van der Waals surface area contributed by atoms with Crippen molar-refractivity contribution in [1.29, 1.82) is 0 Å². The van der Waals surface area contributed by atoms with Crippen molar-refractivity contribution in [3.63, 3.8) is 0 Å². The van der Waals surface area contributed by atoms with Gasteiger partial charge in [-0.05, 0) is 62.2 Å². The summed E-state index contributed by atoms with van der Waals surface area (Å²) >= 11 is 7.26. The summed E-state index contributed by atoms with van der Waals surface area (Å²) in [7, 11) is 0. The predicted octanol–water partition coefficient (Wildman–Crippen LogP) is 6.97. The molecule has 1 nitrogen and oxygen atoms in total. The highest BCUT2D eigenvalue weighted by molar-refractivity contribution is 8.99. The second-order valence-corrected chi connectivity index (χ2v) is 17.1. The smallest absolute Gasteiger partial charge is 0.200 e. The number of fused-ring (bicyclic) bond motifs is 1. The summed E-state index contributed by atoms with van der Waals surface area (Å²) in [4.78, 5) is -0.962. The summed E-state index contributed by atoms with van der Waals surface area (Å²) in [5.74, 6) is -9.53. The predicted molar refractivity (Wildman–Crippen MR) is 99.4 cm³/mol. The first-order valence-electron chi connectivity index (χ1n) is 7.83. The summed E-state index contributed by atoms with van der Waals surface area (Å²) in [5, 5.41) is -0.00227. The lowest BCUT2D eigenvalue weighted by Gasteiger charge is -2.37. The van der Waals surface area contributed by atoms with Crippen LogP contribution in [0.2, 0.25) is 0 Å².